The molecule has 1 heterocycles. The van der Waals surface area contributed by atoms with E-state index in [2.05, 4.69) is 90.8 Å². The maximum Gasteiger partial charge on any atom is 0.131 e. The van der Waals surface area contributed by atoms with Crippen LogP contribution in [0.3, 0.4) is 0 Å². The summed E-state index contributed by atoms with van der Waals surface area (Å²) in [6.45, 7) is 0. The lowest BCUT2D eigenvalue weighted by molar-refractivity contribution is 0.535. The quantitative estimate of drug-likeness (QED) is 0.530. The Hall–Kier alpha value is -3.00. The van der Waals surface area contributed by atoms with Crippen molar-refractivity contribution in [3.8, 4) is 0 Å². The van der Waals surface area contributed by atoms with Crippen molar-refractivity contribution in [1.29, 1.82) is 0 Å². The first-order chi connectivity index (χ1) is 13.3. The number of hydrogen-bond acceptors (Lipinski definition) is 2. The predicted molar refractivity (Wildman–Crippen MR) is 113 cm³/mol. The molecule has 1 unspecified atom stereocenters. The summed E-state index contributed by atoms with van der Waals surface area (Å²) in [5.74, 6) is 2.50. The normalized spacial score (nSPS) is 17.4. The van der Waals surface area contributed by atoms with Crippen molar-refractivity contribution in [1.82, 2.24) is 0 Å². The summed E-state index contributed by atoms with van der Waals surface area (Å²) in [7, 11) is 2.12. The molecule has 134 valence electrons. The van der Waals surface area contributed by atoms with Gasteiger partial charge in [0.25, 0.3) is 0 Å². The SMILES string of the molecule is CN(c1ccccc1)c1ccc(C2CC=Cc3oc4c(c32)CCC=C4)cc1. The van der Waals surface area contributed by atoms with Crippen LogP contribution in [0, 0.1) is 0 Å². The van der Waals surface area contributed by atoms with Gasteiger partial charge in [-0.25, -0.2) is 0 Å². The Labute approximate surface area is 160 Å². The molecular formula is C25H23NO. The van der Waals surface area contributed by atoms with Gasteiger partial charge in [0.2, 0.25) is 0 Å². The van der Waals surface area contributed by atoms with Crippen molar-refractivity contribution in [2.75, 3.05) is 11.9 Å². The van der Waals surface area contributed by atoms with Crippen LogP contribution in [0.5, 0.6) is 0 Å². The molecule has 2 aliphatic rings. The van der Waals surface area contributed by atoms with Crippen molar-refractivity contribution in [3.05, 3.63) is 95.0 Å². The van der Waals surface area contributed by atoms with E-state index in [4.69, 9.17) is 4.42 Å². The van der Waals surface area contributed by atoms with Crippen LogP contribution >= 0.6 is 0 Å². The zero-order chi connectivity index (χ0) is 18.2. The molecule has 0 bridgehead atoms. The van der Waals surface area contributed by atoms with Gasteiger partial charge in [-0.1, -0.05) is 42.5 Å². The Morgan fingerprint density at radius 3 is 2.41 bits per heavy atom. The maximum absolute atomic E-state index is 6.12. The van der Waals surface area contributed by atoms with Gasteiger partial charge in [-0.3, -0.25) is 0 Å². The number of furan rings is 1. The molecule has 0 fully saturated rings. The van der Waals surface area contributed by atoms with Crippen LogP contribution in [0.4, 0.5) is 11.4 Å². The average Bonchev–Trinajstić information content (AvgIpc) is 3.13. The minimum atomic E-state index is 0.389. The average molecular weight is 353 g/mol. The van der Waals surface area contributed by atoms with E-state index < -0.39 is 0 Å². The topological polar surface area (TPSA) is 16.4 Å². The van der Waals surface area contributed by atoms with Gasteiger partial charge in [0.1, 0.15) is 11.5 Å². The monoisotopic (exact) mass is 353 g/mol. The molecule has 1 aromatic heterocycles. The van der Waals surface area contributed by atoms with Gasteiger partial charge in [0.05, 0.1) is 0 Å². The van der Waals surface area contributed by atoms with Crippen LogP contribution in [-0.4, -0.2) is 7.05 Å². The molecule has 0 radical (unpaired) electrons. The first-order valence-electron chi connectivity index (χ1n) is 9.68. The first-order valence-corrected chi connectivity index (χ1v) is 9.68. The van der Waals surface area contributed by atoms with E-state index in [1.165, 1.54) is 28.1 Å². The summed E-state index contributed by atoms with van der Waals surface area (Å²) in [6, 6.07) is 19.5. The molecule has 2 nitrogen and oxygen atoms in total. The van der Waals surface area contributed by atoms with Crippen molar-refractivity contribution in [2.45, 2.75) is 25.2 Å². The number of benzene rings is 2. The summed E-state index contributed by atoms with van der Waals surface area (Å²) >= 11 is 0. The standard InChI is InChI=1S/C25H23NO/c1-26(19-8-3-2-4-9-19)20-16-14-18(15-17-20)21-11-7-13-24-25(21)22-10-5-6-12-23(22)27-24/h2-4,6-9,12-17,21H,5,10-11H2,1H3. The maximum atomic E-state index is 6.12. The van der Waals surface area contributed by atoms with Crippen LogP contribution in [0.25, 0.3) is 12.2 Å². The van der Waals surface area contributed by atoms with E-state index in [0.717, 1.165) is 30.8 Å². The molecule has 27 heavy (non-hydrogen) atoms. The Kier molecular flexibility index (Phi) is 3.97. The third-order valence-corrected chi connectivity index (χ3v) is 5.75. The van der Waals surface area contributed by atoms with E-state index >= 15 is 0 Å². The largest absolute Gasteiger partial charge is 0.457 e. The molecule has 2 heteroatoms. The van der Waals surface area contributed by atoms with Gasteiger partial charge in [0.15, 0.2) is 0 Å². The lowest BCUT2D eigenvalue weighted by atomic mass is 9.81. The Balaban J connectivity index is 1.48. The molecular weight excluding hydrogens is 330 g/mol. The number of para-hydroxylation sites is 1. The number of allylic oxidation sites excluding steroid dienone is 2. The van der Waals surface area contributed by atoms with Gasteiger partial charge in [-0.05, 0) is 61.2 Å². The van der Waals surface area contributed by atoms with Gasteiger partial charge in [-0.2, -0.15) is 0 Å². The molecule has 5 rings (SSSR count). The molecule has 3 aromatic rings. The summed E-state index contributed by atoms with van der Waals surface area (Å²) in [5, 5.41) is 0. The van der Waals surface area contributed by atoms with Crippen LogP contribution in [0.15, 0.2) is 71.2 Å². The van der Waals surface area contributed by atoms with E-state index in [1.807, 2.05) is 0 Å². The van der Waals surface area contributed by atoms with Crippen molar-refractivity contribution in [2.24, 2.45) is 0 Å². The number of fused-ring (bicyclic) bond motifs is 3. The zero-order valence-corrected chi connectivity index (χ0v) is 15.6. The predicted octanol–water partition coefficient (Wildman–Crippen LogP) is 6.56. The number of anilines is 2. The molecule has 0 amide bonds. The molecule has 1 atom stereocenters. The molecule has 0 saturated carbocycles. The highest BCUT2D eigenvalue weighted by molar-refractivity contribution is 5.66. The van der Waals surface area contributed by atoms with Crippen molar-refractivity contribution < 1.29 is 4.42 Å². The second-order valence-corrected chi connectivity index (χ2v) is 7.34. The molecule has 0 saturated heterocycles. The minimum Gasteiger partial charge on any atom is -0.457 e. The molecule has 0 aliphatic heterocycles. The summed E-state index contributed by atoms with van der Waals surface area (Å²) in [6.07, 6.45) is 12.0. The number of nitrogens with zero attached hydrogens (tertiary/aromatic N) is 1. The fourth-order valence-electron chi connectivity index (χ4n) is 4.30. The highest BCUT2D eigenvalue weighted by Gasteiger charge is 2.28. The molecule has 0 spiro atoms. The Morgan fingerprint density at radius 1 is 0.852 bits per heavy atom. The second-order valence-electron chi connectivity index (χ2n) is 7.34. The summed E-state index contributed by atoms with van der Waals surface area (Å²) in [4.78, 5) is 2.22. The fourth-order valence-corrected chi connectivity index (χ4v) is 4.30. The van der Waals surface area contributed by atoms with Crippen LogP contribution in [0.1, 0.15) is 47.0 Å². The lowest BCUT2D eigenvalue weighted by Crippen LogP contribution is -2.10. The second kappa shape index (κ2) is 6.62. The van der Waals surface area contributed by atoms with Crippen molar-refractivity contribution in [3.63, 3.8) is 0 Å². The van der Waals surface area contributed by atoms with Gasteiger partial charge in [-0.15, -0.1) is 0 Å². The summed E-state index contributed by atoms with van der Waals surface area (Å²) < 4.78 is 6.12. The van der Waals surface area contributed by atoms with Crippen LogP contribution in [-0.2, 0) is 6.42 Å². The third kappa shape index (κ3) is 2.82. The number of hydrogen-bond donors (Lipinski definition) is 0. The lowest BCUT2D eigenvalue weighted by Gasteiger charge is -2.23. The van der Waals surface area contributed by atoms with Gasteiger partial charge >= 0.3 is 0 Å². The van der Waals surface area contributed by atoms with E-state index in [-0.39, 0.29) is 0 Å². The smallest absolute Gasteiger partial charge is 0.131 e. The molecule has 0 N–H and O–H groups in total. The van der Waals surface area contributed by atoms with Gasteiger partial charge < -0.3 is 9.32 Å². The zero-order valence-electron chi connectivity index (χ0n) is 15.6. The van der Waals surface area contributed by atoms with E-state index in [1.54, 1.807) is 0 Å². The van der Waals surface area contributed by atoms with Gasteiger partial charge in [0, 0.05) is 35.5 Å². The molecule has 2 aromatic carbocycles. The minimum absolute atomic E-state index is 0.389. The van der Waals surface area contributed by atoms with Crippen molar-refractivity contribution >= 4 is 23.5 Å². The molecule has 2 aliphatic carbocycles. The Bertz CT molecular complexity index is 1010. The first kappa shape index (κ1) is 16.2. The van der Waals surface area contributed by atoms with Crippen LogP contribution in [0.2, 0.25) is 0 Å². The van der Waals surface area contributed by atoms with Crippen LogP contribution < -0.4 is 4.90 Å². The fraction of sp³-hybridized carbons (Fsp3) is 0.200. The van der Waals surface area contributed by atoms with E-state index in [0.29, 0.717) is 5.92 Å². The highest BCUT2D eigenvalue weighted by Crippen LogP contribution is 2.42. The Morgan fingerprint density at radius 2 is 1.59 bits per heavy atom. The third-order valence-electron chi connectivity index (χ3n) is 5.75. The summed E-state index contributed by atoms with van der Waals surface area (Å²) in [5.41, 5.74) is 6.58. The highest BCUT2D eigenvalue weighted by atomic mass is 16.3. The van der Waals surface area contributed by atoms with E-state index in [9.17, 15) is 0 Å². The number of rotatable bonds is 3.